The van der Waals surface area contributed by atoms with Crippen LogP contribution in [0.2, 0.25) is 0 Å². The number of benzene rings is 1. The molecular formula is C14H16N2O2. The quantitative estimate of drug-likeness (QED) is 0.900. The highest BCUT2D eigenvalue weighted by Crippen LogP contribution is 2.15. The molecule has 0 saturated heterocycles. The van der Waals surface area contributed by atoms with Crippen LogP contribution in [0.3, 0.4) is 0 Å². The molecular weight excluding hydrogens is 228 g/mol. The van der Waals surface area contributed by atoms with Gasteiger partial charge in [-0.15, -0.1) is 0 Å². The number of hydrogen-bond donors (Lipinski definition) is 1. The standard InChI is InChI=1S/C14H16N2O2/c1-9-10(2)15-13(16-14(9)17)12-6-4-11(5-7-12)8-18-3/h4-7H,8H2,1-3H3,(H,15,16,17). The summed E-state index contributed by atoms with van der Waals surface area (Å²) in [7, 11) is 1.66. The van der Waals surface area contributed by atoms with E-state index in [4.69, 9.17) is 4.74 Å². The number of nitrogens with zero attached hydrogens (tertiary/aromatic N) is 1. The van der Waals surface area contributed by atoms with Crippen molar-refractivity contribution < 1.29 is 4.74 Å². The topological polar surface area (TPSA) is 55.0 Å². The molecule has 4 heteroatoms. The van der Waals surface area contributed by atoms with Crippen molar-refractivity contribution in [2.45, 2.75) is 20.5 Å². The van der Waals surface area contributed by atoms with Gasteiger partial charge in [0.1, 0.15) is 5.82 Å². The van der Waals surface area contributed by atoms with Gasteiger partial charge in [-0.1, -0.05) is 24.3 Å². The Morgan fingerprint density at radius 3 is 2.44 bits per heavy atom. The monoisotopic (exact) mass is 244 g/mol. The number of ether oxygens (including phenoxy) is 1. The highest BCUT2D eigenvalue weighted by molar-refractivity contribution is 5.55. The Hall–Kier alpha value is -1.94. The van der Waals surface area contributed by atoms with Gasteiger partial charge in [0.15, 0.2) is 0 Å². The summed E-state index contributed by atoms with van der Waals surface area (Å²) in [5, 5.41) is 0. The summed E-state index contributed by atoms with van der Waals surface area (Å²) < 4.78 is 5.05. The normalized spacial score (nSPS) is 10.6. The molecule has 1 N–H and O–H groups in total. The Labute approximate surface area is 106 Å². The predicted octanol–water partition coefficient (Wildman–Crippen LogP) is 2.20. The van der Waals surface area contributed by atoms with Gasteiger partial charge in [-0.05, 0) is 19.4 Å². The smallest absolute Gasteiger partial charge is 0.254 e. The second-order valence-corrected chi connectivity index (χ2v) is 4.25. The van der Waals surface area contributed by atoms with Crippen LogP contribution >= 0.6 is 0 Å². The highest BCUT2D eigenvalue weighted by Gasteiger charge is 2.05. The first-order valence-corrected chi connectivity index (χ1v) is 5.77. The maximum Gasteiger partial charge on any atom is 0.254 e. The van der Waals surface area contributed by atoms with Crippen LogP contribution in [0.1, 0.15) is 16.8 Å². The van der Waals surface area contributed by atoms with Crippen molar-refractivity contribution in [1.29, 1.82) is 0 Å². The van der Waals surface area contributed by atoms with E-state index in [0.717, 1.165) is 16.8 Å². The van der Waals surface area contributed by atoms with E-state index in [2.05, 4.69) is 9.97 Å². The molecule has 0 saturated carbocycles. The fraction of sp³-hybridized carbons (Fsp3) is 0.286. The van der Waals surface area contributed by atoms with E-state index in [0.29, 0.717) is 18.0 Å². The van der Waals surface area contributed by atoms with E-state index in [9.17, 15) is 4.79 Å². The van der Waals surface area contributed by atoms with E-state index in [1.807, 2.05) is 31.2 Å². The van der Waals surface area contributed by atoms with Gasteiger partial charge in [0.05, 0.1) is 6.61 Å². The van der Waals surface area contributed by atoms with Crippen LogP contribution in [0.25, 0.3) is 11.4 Å². The van der Waals surface area contributed by atoms with Crippen LogP contribution < -0.4 is 5.56 Å². The molecule has 18 heavy (non-hydrogen) atoms. The summed E-state index contributed by atoms with van der Waals surface area (Å²) in [4.78, 5) is 18.9. The zero-order valence-corrected chi connectivity index (χ0v) is 10.8. The van der Waals surface area contributed by atoms with Crippen molar-refractivity contribution >= 4 is 0 Å². The third-order valence-electron chi connectivity index (χ3n) is 2.93. The molecule has 94 valence electrons. The molecule has 2 aromatic rings. The average Bonchev–Trinajstić information content (AvgIpc) is 2.37. The molecule has 2 rings (SSSR count). The summed E-state index contributed by atoms with van der Waals surface area (Å²) in [6, 6.07) is 7.80. The van der Waals surface area contributed by atoms with Crippen LogP contribution in [-0.2, 0) is 11.3 Å². The molecule has 1 heterocycles. The van der Waals surface area contributed by atoms with E-state index in [1.54, 1.807) is 14.0 Å². The predicted molar refractivity (Wildman–Crippen MR) is 70.5 cm³/mol. The summed E-state index contributed by atoms with van der Waals surface area (Å²) >= 11 is 0. The number of H-pyrrole nitrogens is 1. The average molecular weight is 244 g/mol. The van der Waals surface area contributed by atoms with Gasteiger partial charge < -0.3 is 9.72 Å². The molecule has 0 aliphatic carbocycles. The molecule has 0 unspecified atom stereocenters. The molecule has 0 radical (unpaired) electrons. The Kier molecular flexibility index (Phi) is 3.58. The number of aromatic amines is 1. The number of hydrogen-bond acceptors (Lipinski definition) is 3. The van der Waals surface area contributed by atoms with E-state index in [1.165, 1.54) is 0 Å². The van der Waals surface area contributed by atoms with Gasteiger partial charge in [0.25, 0.3) is 5.56 Å². The highest BCUT2D eigenvalue weighted by atomic mass is 16.5. The number of nitrogens with one attached hydrogen (secondary N) is 1. The zero-order valence-electron chi connectivity index (χ0n) is 10.8. The van der Waals surface area contributed by atoms with Crippen LogP contribution in [0.5, 0.6) is 0 Å². The zero-order chi connectivity index (χ0) is 13.1. The number of aromatic nitrogens is 2. The molecule has 4 nitrogen and oxygen atoms in total. The second kappa shape index (κ2) is 5.14. The maximum absolute atomic E-state index is 11.7. The van der Waals surface area contributed by atoms with Crippen LogP contribution in [0, 0.1) is 13.8 Å². The first-order valence-electron chi connectivity index (χ1n) is 5.77. The summed E-state index contributed by atoms with van der Waals surface area (Å²) in [6.07, 6.45) is 0. The minimum absolute atomic E-state index is 0.0848. The first kappa shape index (κ1) is 12.5. The molecule has 0 atom stereocenters. The lowest BCUT2D eigenvalue weighted by molar-refractivity contribution is 0.185. The molecule has 0 fully saturated rings. The van der Waals surface area contributed by atoms with Gasteiger partial charge >= 0.3 is 0 Å². The Morgan fingerprint density at radius 1 is 1.22 bits per heavy atom. The third kappa shape index (κ3) is 2.49. The van der Waals surface area contributed by atoms with Crippen LogP contribution in [0.4, 0.5) is 0 Å². The van der Waals surface area contributed by atoms with Crippen molar-refractivity contribution in [2.75, 3.05) is 7.11 Å². The Bertz CT molecular complexity index is 600. The van der Waals surface area contributed by atoms with E-state index < -0.39 is 0 Å². The van der Waals surface area contributed by atoms with Gasteiger partial charge in [0, 0.05) is 23.9 Å². The van der Waals surface area contributed by atoms with Crippen molar-refractivity contribution in [3.05, 3.63) is 51.4 Å². The third-order valence-corrected chi connectivity index (χ3v) is 2.93. The SMILES string of the molecule is COCc1ccc(-c2nc(C)c(C)c(=O)[nH]2)cc1. The van der Waals surface area contributed by atoms with Crippen molar-refractivity contribution in [1.82, 2.24) is 9.97 Å². The lowest BCUT2D eigenvalue weighted by Gasteiger charge is -2.05. The number of aryl methyl sites for hydroxylation is 1. The van der Waals surface area contributed by atoms with Crippen molar-refractivity contribution in [3.8, 4) is 11.4 Å². The second-order valence-electron chi connectivity index (χ2n) is 4.25. The van der Waals surface area contributed by atoms with Gasteiger partial charge in [0.2, 0.25) is 0 Å². The van der Waals surface area contributed by atoms with Crippen molar-refractivity contribution in [3.63, 3.8) is 0 Å². The first-order chi connectivity index (χ1) is 8.61. The molecule has 0 bridgehead atoms. The Morgan fingerprint density at radius 2 is 1.89 bits per heavy atom. The van der Waals surface area contributed by atoms with E-state index in [-0.39, 0.29) is 5.56 Å². The fourth-order valence-electron chi connectivity index (χ4n) is 1.71. The molecule has 1 aromatic carbocycles. The largest absolute Gasteiger partial charge is 0.380 e. The molecule has 1 aromatic heterocycles. The Balaban J connectivity index is 2.40. The van der Waals surface area contributed by atoms with E-state index >= 15 is 0 Å². The summed E-state index contributed by atoms with van der Waals surface area (Å²) in [5.41, 5.74) is 3.32. The lowest BCUT2D eigenvalue weighted by atomic mass is 10.1. The number of methoxy groups -OCH3 is 1. The van der Waals surface area contributed by atoms with Crippen LogP contribution in [0.15, 0.2) is 29.1 Å². The maximum atomic E-state index is 11.7. The van der Waals surface area contributed by atoms with Crippen LogP contribution in [-0.4, -0.2) is 17.1 Å². The van der Waals surface area contributed by atoms with Gasteiger partial charge in [-0.25, -0.2) is 4.98 Å². The van der Waals surface area contributed by atoms with Gasteiger partial charge in [-0.3, -0.25) is 4.79 Å². The molecule has 0 aliphatic heterocycles. The molecule has 0 spiro atoms. The minimum Gasteiger partial charge on any atom is -0.380 e. The van der Waals surface area contributed by atoms with Crippen molar-refractivity contribution in [2.24, 2.45) is 0 Å². The van der Waals surface area contributed by atoms with Gasteiger partial charge in [-0.2, -0.15) is 0 Å². The minimum atomic E-state index is -0.0848. The lowest BCUT2D eigenvalue weighted by Crippen LogP contribution is -2.14. The molecule has 0 amide bonds. The summed E-state index contributed by atoms with van der Waals surface area (Å²) in [5.74, 6) is 0.604. The number of rotatable bonds is 3. The summed E-state index contributed by atoms with van der Waals surface area (Å²) in [6.45, 7) is 4.19. The fourth-order valence-corrected chi connectivity index (χ4v) is 1.71. The molecule has 0 aliphatic rings.